The highest BCUT2D eigenvalue weighted by molar-refractivity contribution is 7.52. The van der Waals surface area contributed by atoms with E-state index in [2.05, 4.69) is 9.80 Å². The van der Waals surface area contributed by atoms with Crippen molar-refractivity contribution in [2.24, 2.45) is 0 Å². The van der Waals surface area contributed by atoms with Crippen LogP contribution in [-0.4, -0.2) is 232 Å². The van der Waals surface area contributed by atoms with Crippen molar-refractivity contribution < 1.29 is 81.7 Å². The van der Waals surface area contributed by atoms with E-state index in [0.29, 0.717) is 76.3 Å². The van der Waals surface area contributed by atoms with Crippen LogP contribution in [0.4, 0.5) is 0 Å². The molecule has 0 aromatic carbocycles. The van der Waals surface area contributed by atoms with Crippen LogP contribution in [0.1, 0.15) is 120 Å². The Balaban J connectivity index is 2.06. The zero-order valence-corrected chi connectivity index (χ0v) is 58.1. The van der Waals surface area contributed by atoms with Gasteiger partial charge in [-0.3, -0.25) is 74.1 Å². The van der Waals surface area contributed by atoms with E-state index in [9.17, 15) is 27.4 Å². The van der Waals surface area contributed by atoms with E-state index < -0.39 is 46.5 Å². The molecule has 0 N–H and O–H groups in total. The SMILES string of the molecule is CCOP(=O)(OCC)N1CCCN(P(=O)(OCC)OCC)CCN(P(=O)(OCC)OCC)CCCN(Cc2cnc(CN3CCCN(P(=O)(OCC)OCC)CCN(P(=O)(OCC)OCC)CCCN(P(=O)(OCC)OCC)CC3)cn2)CC1. The predicted octanol–water partition coefficient (Wildman–Crippen LogP) is 10.6. The molecule has 0 unspecified atom stereocenters. The molecule has 0 aliphatic carbocycles. The van der Waals surface area contributed by atoms with Crippen LogP contribution in [0.5, 0.6) is 0 Å². The summed E-state index contributed by atoms with van der Waals surface area (Å²) in [5, 5.41) is 0. The third-order valence-corrected chi connectivity index (χ3v) is 26.7. The molecule has 2 aliphatic heterocycles. The Kier molecular flexibility index (Phi) is 38.2. The van der Waals surface area contributed by atoms with Crippen LogP contribution >= 0.6 is 46.5 Å². The van der Waals surface area contributed by atoms with E-state index in [1.54, 1.807) is 124 Å². The lowest BCUT2D eigenvalue weighted by Crippen LogP contribution is -2.40. The second-order valence-corrected chi connectivity index (χ2v) is 31.1. The van der Waals surface area contributed by atoms with Gasteiger partial charge in [-0.25, -0.2) is 55.4 Å². The van der Waals surface area contributed by atoms with Crippen LogP contribution in [0.2, 0.25) is 0 Å². The summed E-state index contributed by atoms with van der Waals surface area (Å²) >= 11 is 0. The average molecular weight is 1320 g/mol. The van der Waals surface area contributed by atoms with E-state index in [4.69, 9.17) is 64.3 Å². The number of aromatic nitrogens is 2. The summed E-state index contributed by atoms with van der Waals surface area (Å²) in [6, 6.07) is 0. The standard InChI is InChI=1S/C50H106N10O18P6/c1-13-67-79(61,68-14-2)55-33-27-35-59(83(65,75-21-9)76-22-10)43-41-57(81(63,71-17-5)72-18-6)31-25-29-53(37-39-55)47-49-45-52-50(46-51-49)48-54-30-26-32-58(82(64,73-19-7)74-20-8)42-44-60(84(66,77-23-11)78-24-12)36-28-34-56(40-38-54)80(62,69-15-3)70-16-4/h45-46H,13-44,47-48H2,1-12H3. The smallest absolute Gasteiger partial charge is 0.297 e. The average Bonchev–Trinajstić information content (AvgIpc) is 3.65. The molecule has 2 aliphatic rings. The monoisotopic (exact) mass is 1320 g/mol. The lowest BCUT2D eigenvalue weighted by atomic mass is 10.3. The van der Waals surface area contributed by atoms with Crippen LogP contribution in [0.3, 0.4) is 0 Å². The first-order chi connectivity index (χ1) is 40.3. The van der Waals surface area contributed by atoms with Crippen molar-refractivity contribution in [3.63, 3.8) is 0 Å². The fourth-order valence-electron chi connectivity index (χ4n) is 9.65. The van der Waals surface area contributed by atoms with Crippen LogP contribution in [0.25, 0.3) is 0 Å². The highest BCUT2D eigenvalue weighted by atomic mass is 31.2. The maximum atomic E-state index is 14.6. The molecule has 0 amide bonds. The first-order valence-electron chi connectivity index (χ1n) is 30.4. The Morgan fingerprint density at radius 3 is 0.607 bits per heavy atom. The van der Waals surface area contributed by atoms with E-state index in [0.717, 1.165) is 0 Å². The molecular weight excluding hydrogens is 1210 g/mol. The van der Waals surface area contributed by atoms with E-state index in [-0.39, 0.29) is 158 Å². The van der Waals surface area contributed by atoms with Gasteiger partial charge >= 0.3 is 46.5 Å². The molecular formula is C50H106N10O18P6. The second kappa shape index (κ2) is 41.2. The van der Waals surface area contributed by atoms with Crippen molar-refractivity contribution in [2.75, 3.05) is 184 Å². The largest absolute Gasteiger partial charge is 0.408 e. The van der Waals surface area contributed by atoms with E-state index >= 15 is 0 Å². The summed E-state index contributed by atoms with van der Waals surface area (Å²) in [6.45, 7) is 27.9. The third-order valence-electron chi connectivity index (χ3n) is 13.1. The lowest BCUT2D eigenvalue weighted by Gasteiger charge is -2.36. The number of hydrogen-bond acceptors (Lipinski definition) is 22. The quantitative estimate of drug-likeness (QED) is 0.0580. The summed E-state index contributed by atoms with van der Waals surface area (Å²) < 4.78 is 167. The van der Waals surface area contributed by atoms with Gasteiger partial charge in [0.25, 0.3) is 0 Å². The van der Waals surface area contributed by atoms with Gasteiger partial charge < -0.3 is 0 Å². The fourth-order valence-corrected chi connectivity index (χ4v) is 20.3. The normalized spacial score (nSPS) is 19.4. The molecule has 0 spiro atoms. The Bertz CT molecular complexity index is 2050. The number of hydrogen-bond donors (Lipinski definition) is 0. The minimum absolute atomic E-state index is 0.135. The van der Waals surface area contributed by atoms with E-state index in [1.807, 2.05) is 0 Å². The molecule has 1 aromatic heterocycles. The molecule has 3 heterocycles. The number of nitrogens with zero attached hydrogens (tertiary/aromatic N) is 10. The van der Waals surface area contributed by atoms with Gasteiger partial charge in [0.1, 0.15) is 0 Å². The van der Waals surface area contributed by atoms with Crippen molar-refractivity contribution in [1.82, 2.24) is 47.8 Å². The minimum Gasteiger partial charge on any atom is -0.297 e. The zero-order valence-electron chi connectivity index (χ0n) is 52.7. The van der Waals surface area contributed by atoms with Gasteiger partial charge in [0, 0.05) is 105 Å². The van der Waals surface area contributed by atoms with Crippen molar-refractivity contribution in [3.8, 4) is 0 Å². The molecule has 0 radical (unpaired) electrons. The van der Waals surface area contributed by atoms with Crippen molar-refractivity contribution in [1.29, 1.82) is 0 Å². The molecule has 3 rings (SSSR count). The maximum absolute atomic E-state index is 14.6. The van der Waals surface area contributed by atoms with E-state index in [1.165, 1.54) is 0 Å². The van der Waals surface area contributed by atoms with Crippen molar-refractivity contribution in [3.05, 3.63) is 23.8 Å². The summed E-state index contributed by atoms with van der Waals surface area (Å²) in [5.74, 6) is 0. The highest BCUT2D eigenvalue weighted by Gasteiger charge is 2.41. The Morgan fingerprint density at radius 2 is 0.440 bits per heavy atom. The summed E-state index contributed by atoms with van der Waals surface area (Å²) in [4.78, 5) is 14.2. The van der Waals surface area contributed by atoms with Gasteiger partial charge in [0.05, 0.1) is 103 Å². The fraction of sp³-hybridized carbons (Fsp3) is 0.920. The van der Waals surface area contributed by atoms with Crippen molar-refractivity contribution in [2.45, 2.75) is 122 Å². The minimum atomic E-state index is -3.82. The molecule has 2 fully saturated rings. The molecule has 28 nitrogen and oxygen atoms in total. The summed E-state index contributed by atoms with van der Waals surface area (Å²) in [6.07, 6.45) is 5.21. The Morgan fingerprint density at radius 1 is 0.274 bits per heavy atom. The van der Waals surface area contributed by atoms with Crippen LogP contribution in [0.15, 0.2) is 12.4 Å². The van der Waals surface area contributed by atoms with Gasteiger partial charge in [-0.05, 0) is 122 Å². The first-order valence-corrected chi connectivity index (χ1v) is 39.3. The lowest BCUT2D eigenvalue weighted by molar-refractivity contribution is 0.133. The molecule has 2 saturated heterocycles. The van der Waals surface area contributed by atoms with Gasteiger partial charge in [-0.1, -0.05) is 0 Å². The molecule has 1 aromatic rings. The molecule has 494 valence electrons. The van der Waals surface area contributed by atoms with Crippen LogP contribution < -0.4 is 0 Å². The molecule has 0 saturated carbocycles. The highest BCUT2D eigenvalue weighted by Crippen LogP contribution is 2.58. The zero-order chi connectivity index (χ0) is 62.1. The third kappa shape index (κ3) is 25.0. The topological polar surface area (TPSA) is 265 Å². The first kappa shape index (κ1) is 77.9. The molecule has 0 atom stereocenters. The predicted molar refractivity (Wildman–Crippen MR) is 326 cm³/mol. The van der Waals surface area contributed by atoms with Crippen LogP contribution in [-0.2, 0) is 94.8 Å². The molecule has 34 heteroatoms. The Labute approximate surface area is 503 Å². The summed E-state index contributed by atoms with van der Waals surface area (Å²) in [5.41, 5.74) is 1.33. The van der Waals surface area contributed by atoms with Gasteiger partial charge in [-0.15, -0.1) is 0 Å². The van der Waals surface area contributed by atoms with Gasteiger partial charge in [0.15, 0.2) is 0 Å². The van der Waals surface area contributed by atoms with Crippen LogP contribution in [0, 0.1) is 0 Å². The van der Waals surface area contributed by atoms with Crippen molar-refractivity contribution >= 4 is 46.5 Å². The molecule has 0 bridgehead atoms. The van der Waals surface area contributed by atoms with Gasteiger partial charge in [-0.2, -0.15) is 0 Å². The maximum Gasteiger partial charge on any atom is 0.408 e. The second-order valence-electron chi connectivity index (χ2n) is 19.0. The molecule has 84 heavy (non-hydrogen) atoms. The number of rotatable bonds is 34. The van der Waals surface area contributed by atoms with Gasteiger partial charge in [0.2, 0.25) is 0 Å². The summed E-state index contributed by atoms with van der Waals surface area (Å²) in [7, 11) is -22.9. The Hall–Kier alpha value is -0.340.